The van der Waals surface area contributed by atoms with Crippen LogP contribution < -0.4 is 9.46 Å². The van der Waals surface area contributed by atoms with Crippen LogP contribution >= 0.6 is 15.9 Å². The molecule has 120 valence electrons. The van der Waals surface area contributed by atoms with Gasteiger partial charge < -0.3 is 9.29 Å². The van der Waals surface area contributed by atoms with Gasteiger partial charge in [-0.15, -0.1) is 4.72 Å². The molecule has 0 aliphatic rings. The minimum atomic E-state index is -4.57. The summed E-state index contributed by atoms with van der Waals surface area (Å²) in [5.74, 6) is 0.282. The SMILES string of the molecule is COc1cc([C@H](N[S@+]([O-])C(C)(C)C)C(F)(F)F)ccc1Br. The van der Waals surface area contributed by atoms with Gasteiger partial charge in [0, 0.05) is 11.4 Å². The summed E-state index contributed by atoms with van der Waals surface area (Å²) in [4.78, 5) is 0. The fourth-order valence-electron chi connectivity index (χ4n) is 1.46. The molecule has 0 spiro atoms. The average Bonchev–Trinajstić information content (AvgIpc) is 2.34. The average molecular weight is 388 g/mol. The number of halogens is 4. The van der Waals surface area contributed by atoms with E-state index in [4.69, 9.17) is 4.74 Å². The van der Waals surface area contributed by atoms with Crippen LogP contribution in [0.5, 0.6) is 5.75 Å². The van der Waals surface area contributed by atoms with Gasteiger partial charge in [-0.05, 0) is 54.4 Å². The van der Waals surface area contributed by atoms with E-state index in [1.54, 1.807) is 20.8 Å². The standard InChI is InChI=1S/C13H17BrF3NO2S/c1-12(2,3)21(19)18-11(13(15,16)17)8-5-6-9(14)10(7-8)20-4/h5-7,11,18H,1-4H3/t11-,21+/m0/s1. The normalized spacial score (nSPS) is 15.7. The van der Waals surface area contributed by atoms with Gasteiger partial charge in [0.15, 0.2) is 6.04 Å². The van der Waals surface area contributed by atoms with Crippen LogP contribution in [0, 0.1) is 0 Å². The van der Waals surface area contributed by atoms with Crippen molar-refractivity contribution in [2.75, 3.05) is 7.11 Å². The molecule has 2 atom stereocenters. The number of hydrogen-bond donors (Lipinski definition) is 1. The lowest BCUT2D eigenvalue weighted by molar-refractivity contribution is -0.153. The summed E-state index contributed by atoms with van der Waals surface area (Å²) in [5, 5.41) is 0. The van der Waals surface area contributed by atoms with Crippen LogP contribution in [0.2, 0.25) is 0 Å². The van der Waals surface area contributed by atoms with E-state index in [2.05, 4.69) is 20.7 Å². The van der Waals surface area contributed by atoms with Gasteiger partial charge in [0.1, 0.15) is 10.5 Å². The Morgan fingerprint density at radius 2 is 1.86 bits per heavy atom. The van der Waals surface area contributed by atoms with E-state index in [9.17, 15) is 17.7 Å². The Balaban J connectivity index is 3.15. The molecule has 0 fully saturated rings. The Hall–Kier alpha value is -0.440. The summed E-state index contributed by atoms with van der Waals surface area (Å²) < 4.78 is 58.6. The highest BCUT2D eigenvalue weighted by molar-refractivity contribution is 9.10. The second kappa shape index (κ2) is 6.76. The number of hydrogen-bond acceptors (Lipinski definition) is 3. The van der Waals surface area contributed by atoms with Crippen LogP contribution in [0.3, 0.4) is 0 Å². The van der Waals surface area contributed by atoms with Crippen LogP contribution in [0.15, 0.2) is 22.7 Å². The van der Waals surface area contributed by atoms with Gasteiger partial charge in [-0.25, -0.2) is 0 Å². The van der Waals surface area contributed by atoms with Crippen molar-refractivity contribution in [3.05, 3.63) is 28.2 Å². The van der Waals surface area contributed by atoms with Gasteiger partial charge in [-0.2, -0.15) is 13.2 Å². The molecule has 1 aromatic carbocycles. The lowest BCUT2D eigenvalue weighted by atomic mass is 10.1. The molecule has 0 radical (unpaired) electrons. The van der Waals surface area contributed by atoms with Gasteiger partial charge >= 0.3 is 6.18 Å². The number of rotatable bonds is 4. The first-order chi connectivity index (χ1) is 9.46. The Morgan fingerprint density at radius 3 is 2.29 bits per heavy atom. The molecule has 1 N–H and O–H groups in total. The molecule has 0 aromatic heterocycles. The molecule has 3 nitrogen and oxygen atoms in total. The zero-order valence-corrected chi connectivity index (χ0v) is 14.4. The Morgan fingerprint density at radius 1 is 1.29 bits per heavy atom. The summed E-state index contributed by atoms with van der Waals surface area (Å²) in [7, 11) is 1.37. The molecule has 21 heavy (non-hydrogen) atoms. The van der Waals surface area contributed by atoms with E-state index in [-0.39, 0.29) is 11.3 Å². The monoisotopic (exact) mass is 387 g/mol. The van der Waals surface area contributed by atoms with Crippen molar-refractivity contribution in [2.45, 2.75) is 37.7 Å². The maximum Gasteiger partial charge on any atom is 0.412 e. The van der Waals surface area contributed by atoms with Crippen LogP contribution in [0.1, 0.15) is 32.4 Å². The molecule has 0 aliphatic heterocycles. The first-order valence-electron chi connectivity index (χ1n) is 6.05. The van der Waals surface area contributed by atoms with Crippen molar-refractivity contribution in [1.29, 1.82) is 0 Å². The number of benzene rings is 1. The molecular formula is C13H17BrF3NO2S. The van der Waals surface area contributed by atoms with Gasteiger partial charge in [0.2, 0.25) is 0 Å². The van der Waals surface area contributed by atoms with Crippen LogP contribution in [0.4, 0.5) is 13.2 Å². The molecule has 0 aliphatic carbocycles. The topological polar surface area (TPSA) is 44.3 Å². The number of ether oxygens (including phenoxy) is 1. The fraction of sp³-hybridized carbons (Fsp3) is 0.538. The highest BCUT2D eigenvalue weighted by Gasteiger charge is 2.45. The molecule has 0 saturated carbocycles. The summed E-state index contributed by atoms with van der Waals surface area (Å²) in [6, 6.07) is 2.03. The first kappa shape index (κ1) is 18.6. The fourth-order valence-corrected chi connectivity index (χ4v) is 2.71. The predicted octanol–water partition coefficient (Wildman–Crippen LogP) is 4.11. The smallest absolute Gasteiger partial charge is 0.412 e. The number of alkyl halides is 3. The highest BCUT2D eigenvalue weighted by atomic mass is 79.9. The van der Waals surface area contributed by atoms with Gasteiger partial charge in [-0.1, -0.05) is 6.07 Å². The maximum atomic E-state index is 13.2. The lowest BCUT2D eigenvalue weighted by Gasteiger charge is -2.29. The molecular weight excluding hydrogens is 371 g/mol. The highest BCUT2D eigenvalue weighted by Crippen LogP contribution is 2.37. The van der Waals surface area contributed by atoms with E-state index in [0.717, 1.165) is 0 Å². The molecule has 0 saturated heterocycles. The molecule has 1 rings (SSSR count). The van der Waals surface area contributed by atoms with Gasteiger partial charge in [-0.3, -0.25) is 0 Å². The molecule has 0 heterocycles. The third-order valence-electron chi connectivity index (χ3n) is 2.62. The van der Waals surface area contributed by atoms with Crippen LogP contribution in [-0.2, 0) is 11.4 Å². The Kier molecular flexibility index (Phi) is 5.99. The Bertz CT molecular complexity index is 491. The molecule has 8 heteroatoms. The van der Waals surface area contributed by atoms with E-state index in [1.807, 2.05) is 0 Å². The van der Waals surface area contributed by atoms with E-state index >= 15 is 0 Å². The summed E-state index contributed by atoms with van der Waals surface area (Å²) in [5.41, 5.74) is -0.0554. The van der Waals surface area contributed by atoms with Gasteiger partial charge in [0.05, 0.1) is 11.6 Å². The first-order valence-corrected chi connectivity index (χ1v) is 7.99. The van der Waals surface area contributed by atoms with Crippen molar-refractivity contribution in [1.82, 2.24) is 4.72 Å². The molecule has 1 aromatic rings. The van der Waals surface area contributed by atoms with E-state index < -0.39 is 28.3 Å². The third-order valence-corrected chi connectivity index (χ3v) is 4.83. The van der Waals surface area contributed by atoms with E-state index in [0.29, 0.717) is 4.47 Å². The maximum absolute atomic E-state index is 13.2. The largest absolute Gasteiger partial charge is 0.598 e. The third kappa shape index (κ3) is 5.05. The van der Waals surface area contributed by atoms with Crippen molar-refractivity contribution in [3.8, 4) is 5.75 Å². The summed E-state index contributed by atoms with van der Waals surface area (Å²) in [6.07, 6.45) is -4.57. The van der Waals surface area contributed by atoms with Crippen molar-refractivity contribution >= 4 is 27.3 Å². The lowest BCUT2D eigenvalue weighted by Crippen LogP contribution is -2.45. The second-order valence-corrected chi connectivity index (χ2v) is 8.22. The molecule has 0 amide bonds. The quantitative estimate of drug-likeness (QED) is 0.790. The van der Waals surface area contributed by atoms with Crippen LogP contribution in [0.25, 0.3) is 0 Å². The molecule has 0 unspecified atom stereocenters. The summed E-state index contributed by atoms with van der Waals surface area (Å²) in [6.45, 7) is 4.81. The number of methoxy groups -OCH3 is 1. The number of nitrogens with one attached hydrogen (secondary N) is 1. The summed E-state index contributed by atoms with van der Waals surface area (Å²) >= 11 is 1.34. The van der Waals surface area contributed by atoms with E-state index in [1.165, 1.54) is 25.3 Å². The minimum Gasteiger partial charge on any atom is -0.598 e. The van der Waals surface area contributed by atoms with Gasteiger partial charge in [0.25, 0.3) is 0 Å². The molecule has 0 bridgehead atoms. The Labute approximate surface area is 133 Å². The van der Waals surface area contributed by atoms with Crippen molar-refractivity contribution in [2.24, 2.45) is 0 Å². The van der Waals surface area contributed by atoms with Crippen molar-refractivity contribution < 1.29 is 22.5 Å². The zero-order valence-electron chi connectivity index (χ0n) is 12.0. The predicted molar refractivity (Wildman–Crippen MR) is 80.5 cm³/mol. The van der Waals surface area contributed by atoms with Crippen LogP contribution in [-0.4, -0.2) is 22.6 Å². The minimum absolute atomic E-state index is 0.0554. The zero-order chi connectivity index (χ0) is 16.4. The second-order valence-electron chi connectivity index (χ2n) is 5.37. The van der Waals surface area contributed by atoms with Crippen molar-refractivity contribution in [3.63, 3.8) is 0 Å².